The van der Waals surface area contributed by atoms with E-state index in [9.17, 15) is 23.1 Å². The van der Waals surface area contributed by atoms with Gasteiger partial charge in [-0.1, -0.05) is 42.1 Å². The number of aliphatic hydroxyl groups is 1. The highest BCUT2D eigenvalue weighted by Gasteiger charge is 2.41. The van der Waals surface area contributed by atoms with Crippen molar-refractivity contribution in [1.29, 1.82) is 0 Å². The second kappa shape index (κ2) is 7.41. The lowest BCUT2D eigenvalue weighted by atomic mass is 10.1. The van der Waals surface area contributed by atoms with Crippen LogP contribution in [0.3, 0.4) is 0 Å². The van der Waals surface area contributed by atoms with Crippen LogP contribution in [0, 0.1) is 0 Å². The Morgan fingerprint density at radius 3 is 2.34 bits per heavy atom. The number of aromatic amines is 1. The predicted molar refractivity (Wildman–Crippen MR) is 103 cm³/mol. The number of nitrogens with zero attached hydrogens (tertiary/aromatic N) is 2. The van der Waals surface area contributed by atoms with Gasteiger partial charge in [0, 0.05) is 27.7 Å². The molecule has 0 saturated heterocycles. The summed E-state index contributed by atoms with van der Waals surface area (Å²) in [6.45, 7) is 0. The van der Waals surface area contributed by atoms with Crippen molar-refractivity contribution in [3.8, 4) is 11.1 Å². The molecule has 2 heterocycles. The van der Waals surface area contributed by atoms with Crippen molar-refractivity contribution >= 4 is 17.4 Å². The molecule has 0 aliphatic carbocycles. The number of hydrogen-bond donors (Lipinski definition) is 2. The van der Waals surface area contributed by atoms with Crippen LogP contribution in [0.15, 0.2) is 81.6 Å². The van der Waals surface area contributed by atoms with E-state index >= 15 is 0 Å². The summed E-state index contributed by atoms with van der Waals surface area (Å²) in [7, 11) is 0. The molecule has 1 unspecified atom stereocenters. The first-order chi connectivity index (χ1) is 13.8. The molecule has 0 amide bonds. The molecule has 9 heteroatoms. The van der Waals surface area contributed by atoms with Gasteiger partial charge in [-0.3, -0.25) is 9.89 Å². The number of benzene rings is 2. The van der Waals surface area contributed by atoms with Gasteiger partial charge in [-0.05, 0) is 29.8 Å². The molecule has 4 rings (SSSR count). The SMILES string of the molecule is O=c1c(C(O)C(F)(F)F)cnc2c(-c3ccc(Sc4ccccc4)cc3)c[nH]n12. The summed E-state index contributed by atoms with van der Waals surface area (Å²) in [5, 5.41) is 12.0. The lowest BCUT2D eigenvalue weighted by molar-refractivity contribution is -0.207. The molecule has 29 heavy (non-hydrogen) atoms. The topological polar surface area (TPSA) is 70.4 Å². The summed E-state index contributed by atoms with van der Waals surface area (Å²) < 4.78 is 39.1. The summed E-state index contributed by atoms with van der Waals surface area (Å²) in [5.41, 5.74) is -0.347. The zero-order chi connectivity index (χ0) is 20.6. The Balaban J connectivity index is 1.66. The zero-order valence-electron chi connectivity index (χ0n) is 14.7. The minimum Gasteiger partial charge on any atom is -0.379 e. The molecule has 0 saturated carbocycles. The summed E-state index contributed by atoms with van der Waals surface area (Å²) in [6, 6.07) is 17.4. The van der Waals surface area contributed by atoms with E-state index in [2.05, 4.69) is 10.1 Å². The first kappa shape index (κ1) is 19.3. The summed E-state index contributed by atoms with van der Waals surface area (Å²) >= 11 is 1.59. The minimum absolute atomic E-state index is 0.177. The second-order valence-electron chi connectivity index (χ2n) is 6.25. The molecule has 0 fully saturated rings. The Bertz CT molecular complexity index is 1200. The quantitative estimate of drug-likeness (QED) is 0.515. The standard InChI is InChI=1S/C20H14F3N3O2S/c21-20(22,23)17(27)16-10-24-18-15(11-25-26(18)19(16)28)12-6-8-14(9-7-12)29-13-4-2-1-3-5-13/h1-11,17,25,27H. The molecular weight excluding hydrogens is 403 g/mol. The second-order valence-corrected chi connectivity index (χ2v) is 7.40. The van der Waals surface area contributed by atoms with Crippen LogP contribution in [-0.4, -0.2) is 25.9 Å². The van der Waals surface area contributed by atoms with Gasteiger partial charge < -0.3 is 5.11 Å². The average Bonchev–Trinajstić information content (AvgIpc) is 3.13. The highest BCUT2D eigenvalue weighted by Crippen LogP contribution is 2.32. The Morgan fingerprint density at radius 2 is 1.69 bits per heavy atom. The van der Waals surface area contributed by atoms with Crippen LogP contribution >= 0.6 is 11.8 Å². The molecule has 0 radical (unpaired) electrons. The predicted octanol–water partition coefficient (Wildman–Crippen LogP) is 4.44. The van der Waals surface area contributed by atoms with E-state index in [-0.39, 0.29) is 5.65 Å². The monoisotopic (exact) mass is 417 g/mol. The highest BCUT2D eigenvalue weighted by molar-refractivity contribution is 7.99. The van der Waals surface area contributed by atoms with Gasteiger partial charge in [0.05, 0.1) is 5.56 Å². The van der Waals surface area contributed by atoms with E-state index in [4.69, 9.17) is 0 Å². The molecule has 0 spiro atoms. The third kappa shape index (κ3) is 3.79. The van der Waals surface area contributed by atoms with Crippen LogP contribution in [0.4, 0.5) is 13.2 Å². The number of hydrogen-bond acceptors (Lipinski definition) is 4. The Kier molecular flexibility index (Phi) is 4.93. The molecule has 2 aromatic carbocycles. The maximum atomic E-state index is 12.7. The molecule has 0 bridgehead atoms. The molecule has 0 aliphatic heterocycles. The largest absolute Gasteiger partial charge is 0.418 e. The molecule has 0 aliphatic rings. The van der Waals surface area contributed by atoms with Gasteiger partial charge in [0.25, 0.3) is 5.56 Å². The van der Waals surface area contributed by atoms with E-state index in [1.54, 1.807) is 11.8 Å². The van der Waals surface area contributed by atoms with Gasteiger partial charge in [0.1, 0.15) is 0 Å². The maximum Gasteiger partial charge on any atom is 0.418 e. The van der Waals surface area contributed by atoms with Crippen molar-refractivity contribution in [2.75, 3.05) is 0 Å². The summed E-state index contributed by atoms with van der Waals surface area (Å²) in [5.74, 6) is 0. The van der Waals surface area contributed by atoms with E-state index in [0.29, 0.717) is 5.56 Å². The molecular formula is C20H14F3N3O2S. The van der Waals surface area contributed by atoms with Crippen LogP contribution in [0.5, 0.6) is 0 Å². The van der Waals surface area contributed by atoms with Crippen molar-refractivity contribution in [3.63, 3.8) is 0 Å². The molecule has 148 valence electrons. The van der Waals surface area contributed by atoms with E-state index in [1.165, 1.54) is 6.20 Å². The van der Waals surface area contributed by atoms with Gasteiger partial charge in [-0.15, -0.1) is 0 Å². The van der Waals surface area contributed by atoms with Gasteiger partial charge in [0.2, 0.25) is 0 Å². The Morgan fingerprint density at radius 1 is 1.03 bits per heavy atom. The lowest BCUT2D eigenvalue weighted by Crippen LogP contribution is -2.29. The first-order valence-corrected chi connectivity index (χ1v) is 9.33. The highest BCUT2D eigenvalue weighted by atomic mass is 32.2. The van der Waals surface area contributed by atoms with Crippen LogP contribution < -0.4 is 5.56 Å². The van der Waals surface area contributed by atoms with Gasteiger partial charge >= 0.3 is 6.18 Å². The van der Waals surface area contributed by atoms with E-state index in [0.717, 1.165) is 26.1 Å². The number of aromatic nitrogens is 3. The summed E-state index contributed by atoms with van der Waals surface area (Å²) in [4.78, 5) is 18.4. The number of halogens is 3. The number of rotatable bonds is 4. The average molecular weight is 417 g/mol. The Hall–Kier alpha value is -3.04. The summed E-state index contributed by atoms with van der Waals surface area (Å²) in [6.07, 6.45) is -5.57. The fourth-order valence-electron chi connectivity index (χ4n) is 2.88. The number of alkyl halides is 3. The maximum absolute atomic E-state index is 12.7. The molecule has 2 N–H and O–H groups in total. The van der Waals surface area contributed by atoms with Crippen LogP contribution in [0.25, 0.3) is 16.8 Å². The van der Waals surface area contributed by atoms with Gasteiger partial charge in [-0.25, -0.2) is 9.50 Å². The molecule has 5 nitrogen and oxygen atoms in total. The van der Waals surface area contributed by atoms with Gasteiger partial charge in [-0.2, -0.15) is 13.2 Å². The van der Waals surface area contributed by atoms with Crippen LogP contribution in [0.1, 0.15) is 11.7 Å². The third-order valence-corrected chi connectivity index (χ3v) is 5.33. The van der Waals surface area contributed by atoms with Crippen LogP contribution in [0.2, 0.25) is 0 Å². The fourth-order valence-corrected chi connectivity index (χ4v) is 3.71. The zero-order valence-corrected chi connectivity index (χ0v) is 15.5. The Labute approximate surface area is 166 Å². The smallest absolute Gasteiger partial charge is 0.379 e. The van der Waals surface area contributed by atoms with Crippen LogP contribution in [-0.2, 0) is 0 Å². The van der Waals surface area contributed by atoms with Crippen molar-refractivity contribution in [3.05, 3.63) is 82.9 Å². The third-order valence-electron chi connectivity index (χ3n) is 4.32. The van der Waals surface area contributed by atoms with Crippen molar-refractivity contribution in [2.24, 2.45) is 0 Å². The molecule has 4 aromatic rings. The minimum atomic E-state index is -4.95. The fraction of sp³-hybridized carbons (Fsp3) is 0.100. The number of H-pyrrole nitrogens is 1. The van der Waals surface area contributed by atoms with Gasteiger partial charge in [0.15, 0.2) is 11.8 Å². The van der Waals surface area contributed by atoms with E-state index in [1.807, 2.05) is 54.6 Å². The lowest BCUT2D eigenvalue weighted by Gasteiger charge is -2.13. The first-order valence-electron chi connectivity index (χ1n) is 8.52. The number of nitrogens with one attached hydrogen (secondary N) is 1. The van der Waals surface area contributed by atoms with Crippen molar-refractivity contribution in [1.82, 2.24) is 14.6 Å². The number of fused-ring (bicyclic) bond motifs is 1. The molecule has 1 atom stereocenters. The molecule has 2 aromatic heterocycles. The normalized spacial score (nSPS) is 13.0. The van der Waals surface area contributed by atoms with E-state index < -0.39 is 23.4 Å². The number of aliphatic hydroxyl groups excluding tert-OH is 1. The van der Waals surface area contributed by atoms with Crippen molar-refractivity contribution < 1.29 is 18.3 Å². The van der Waals surface area contributed by atoms with Crippen molar-refractivity contribution in [2.45, 2.75) is 22.1 Å².